The standard InChI is InChI=1S/C11H14N4/c12-10-9-8(5-6-13-10)14-11(15-9)7-3-1-2-4-7/h5-7H,1-4H2,(H2,12,13)(H,14,15). The highest BCUT2D eigenvalue weighted by Crippen LogP contribution is 2.33. The van der Waals surface area contributed by atoms with Gasteiger partial charge in [0.15, 0.2) is 5.82 Å². The van der Waals surface area contributed by atoms with Crippen LogP contribution in [-0.2, 0) is 0 Å². The molecule has 2 heterocycles. The first-order valence-electron chi connectivity index (χ1n) is 5.44. The maximum Gasteiger partial charge on any atom is 0.151 e. The van der Waals surface area contributed by atoms with Crippen molar-refractivity contribution >= 4 is 16.9 Å². The number of nitrogens with two attached hydrogens (primary N) is 1. The lowest BCUT2D eigenvalue weighted by atomic mass is 10.1. The van der Waals surface area contributed by atoms with Crippen LogP contribution in [0.5, 0.6) is 0 Å². The maximum atomic E-state index is 5.77. The number of nitrogens with zero attached hydrogens (tertiary/aromatic N) is 2. The quantitative estimate of drug-likeness (QED) is 0.744. The number of nitrogens with one attached hydrogen (secondary N) is 1. The SMILES string of the molecule is Nc1nccc2[nH]c(C3CCCC3)nc12. The topological polar surface area (TPSA) is 67.6 Å². The van der Waals surface area contributed by atoms with Crippen LogP contribution in [0.4, 0.5) is 5.82 Å². The predicted octanol–water partition coefficient (Wildman–Crippen LogP) is 2.20. The molecule has 0 atom stereocenters. The molecule has 2 aromatic rings. The van der Waals surface area contributed by atoms with Crippen LogP contribution in [0.2, 0.25) is 0 Å². The van der Waals surface area contributed by atoms with E-state index in [1.165, 1.54) is 25.7 Å². The number of imidazole rings is 1. The van der Waals surface area contributed by atoms with Crippen molar-refractivity contribution in [2.45, 2.75) is 31.6 Å². The number of rotatable bonds is 1. The van der Waals surface area contributed by atoms with Crippen LogP contribution in [-0.4, -0.2) is 15.0 Å². The van der Waals surface area contributed by atoms with Crippen molar-refractivity contribution < 1.29 is 0 Å². The minimum absolute atomic E-state index is 0.521. The van der Waals surface area contributed by atoms with Crippen molar-refractivity contribution in [3.63, 3.8) is 0 Å². The molecule has 0 saturated heterocycles. The van der Waals surface area contributed by atoms with Crippen LogP contribution in [0.1, 0.15) is 37.4 Å². The molecule has 0 unspecified atom stereocenters. The summed E-state index contributed by atoms with van der Waals surface area (Å²) in [5.41, 5.74) is 7.60. The number of nitrogen functional groups attached to an aromatic ring is 1. The summed E-state index contributed by atoms with van der Waals surface area (Å²) in [4.78, 5) is 11.9. The highest BCUT2D eigenvalue weighted by molar-refractivity contribution is 5.84. The van der Waals surface area contributed by atoms with Crippen molar-refractivity contribution in [2.24, 2.45) is 0 Å². The Morgan fingerprint density at radius 1 is 1.33 bits per heavy atom. The van der Waals surface area contributed by atoms with Gasteiger partial charge in [-0.25, -0.2) is 9.97 Å². The van der Waals surface area contributed by atoms with E-state index in [1.54, 1.807) is 6.20 Å². The van der Waals surface area contributed by atoms with Crippen LogP contribution >= 0.6 is 0 Å². The second-order valence-corrected chi connectivity index (χ2v) is 4.20. The van der Waals surface area contributed by atoms with E-state index in [-0.39, 0.29) is 0 Å². The molecule has 1 aliphatic rings. The zero-order valence-corrected chi connectivity index (χ0v) is 8.53. The number of pyridine rings is 1. The minimum Gasteiger partial charge on any atom is -0.382 e. The number of aromatic amines is 1. The Hall–Kier alpha value is -1.58. The third kappa shape index (κ3) is 1.37. The number of aromatic nitrogens is 3. The van der Waals surface area contributed by atoms with Gasteiger partial charge in [0, 0.05) is 12.1 Å². The molecule has 0 amide bonds. The van der Waals surface area contributed by atoms with Gasteiger partial charge in [-0.15, -0.1) is 0 Å². The Bertz CT molecular complexity index is 482. The van der Waals surface area contributed by atoms with Gasteiger partial charge in [-0.1, -0.05) is 12.8 Å². The average molecular weight is 202 g/mol. The van der Waals surface area contributed by atoms with Gasteiger partial charge >= 0.3 is 0 Å². The van der Waals surface area contributed by atoms with Gasteiger partial charge < -0.3 is 10.7 Å². The molecule has 0 aliphatic heterocycles. The molecule has 1 saturated carbocycles. The highest BCUT2D eigenvalue weighted by atomic mass is 15.0. The van der Waals surface area contributed by atoms with E-state index < -0.39 is 0 Å². The van der Waals surface area contributed by atoms with Gasteiger partial charge in [0.1, 0.15) is 11.3 Å². The molecule has 0 aromatic carbocycles. The van der Waals surface area contributed by atoms with E-state index in [9.17, 15) is 0 Å². The monoisotopic (exact) mass is 202 g/mol. The first-order valence-corrected chi connectivity index (χ1v) is 5.44. The lowest BCUT2D eigenvalue weighted by Gasteiger charge is -2.02. The normalized spacial score (nSPS) is 17.6. The van der Waals surface area contributed by atoms with Crippen molar-refractivity contribution in [2.75, 3.05) is 5.73 Å². The molecule has 0 radical (unpaired) electrons. The molecule has 2 aromatic heterocycles. The number of fused-ring (bicyclic) bond motifs is 1. The largest absolute Gasteiger partial charge is 0.382 e. The number of H-pyrrole nitrogens is 1. The van der Waals surface area contributed by atoms with Crippen LogP contribution in [0, 0.1) is 0 Å². The van der Waals surface area contributed by atoms with E-state index in [0.29, 0.717) is 11.7 Å². The van der Waals surface area contributed by atoms with E-state index in [1.807, 2.05) is 6.07 Å². The second kappa shape index (κ2) is 3.22. The summed E-state index contributed by atoms with van der Waals surface area (Å²) in [6.07, 6.45) is 6.83. The molecule has 4 heteroatoms. The lowest BCUT2D eigenvalue weighted by Crippen LogP contribution is -1.94. The molecule has 1 aliphatic carbocycles. The van der Waals surface area contributed by atoms with Gasteiger partial charge in [-0.2, -0.15) is 0 Å². The summed E-state index contributed by atoms with van der Waals surface area (Å²) >= 11 is 0. The number of hydrogen-bond acceptors (Lipinski definition) is 3. The lowest BCUT2D eigenvalue weighted by molar-refractivity contribution is 0.681. The summed E-state index contributed by atoms with van der Waals surface area (Å²) in [5.74, 6) is 2.20. The Balaban J connectivity index is 2.09. The highest BCUT2D eigenvalue weighted by Gasteiger charge is 2.20. The van der Waals surface area contributed by atoms with Crippen LogP contribution in [0.25, 0.3) is 11.0 Å². The molecular formula is C11H14N4. The van der Waals surface area contributed by atoms with Crippen molar-refractivity contribution in [3.05, 3.63) is 18.1 Å². The van der Waals surface area contributed by atoms with Crippen LogP contribution < -0.4 is 5.73 Å². The van der Waals surface area contributed by atoms with Crippen molar-refractivity contribution in [1.29, 1.82) is 0 Å². The molecule has 78 valence electrons. The minimum atomic E-state index is 0.521. The Kier molecular flexibility index (Phi) is 1.87. The summed E-state index contributed by atoms with van der Waals surface area (Å²) in [7, 11) is 0. The molecule has 4 nitrogen and oxygen atoms in total. The zero-order chi connectivity index (χ0) is 10.3. The average Bonchev–Trinajstić information content (AvgIpc) is 2.86. The van der Waals surface area contributed by atoms with E-state index in [2.05, 4.69) is 15.0 Å². The number of anilines is 1. The Morgan fingerprint density at radius 2 is 2.13 bits per heavy atom. The van der Waals surface area contributed by atoms with Crippen LogP contribution in [0.3, 0.4) is 0 Å². The summed E-state index contributed by atoms with van der Waals surface area (Å²) < 4.78 is 0. The molecule has 0 bridgehead atoms. The third-order valence-electron chi connectivity index (χ3n) is 3.19. The fourth-order valence-electron chi connectivity index (χ4n) is 2.37. The second-order valence-electron chi connectivity index (χ2n) is 4.20. The first kappa shape index (κ1) is 8.71. The maximum absolute atomic E-state index is 5.77. The van der Waals surface area contributed by atoms with E-state index >= 15 is 0 Å². The third-order valence-corrected chi connectivity index (χ3v) is 3.19. The Labute approximate surface area is 87.9 Å². The Morgan fingerprint density at radius 3 is 2.87 bits per heavy atom. The van der Waals surface area contributed by atoms with Gasteiger partial charge in [0.2, 0.25) is 0 Å². The van der Waals surface area contributed by atoms with Gasteiger partial charge in [0.25, 0.3) is 0 Å². The molecule has 1 fully saturated rings. The van der Waals surface area contributed by atoms with Gasteiger partial charge in [-0.3, -0.25) is 0 Å². The molecule has 0 spiro atoms. The predicted molar refractivity (Wildman–Crippen MR) is 59.5 cm³/mol. The van der Waals surface area contributed by atoms with E-state index in [0.717, 1.165) is 16.9 Å². The van der Waals surface area contributed by atoms with Crippen molar-refractivity contribution in [1.82, 2.24) is 15.0 Å². The smallest absolute Gasteiger partial charge is 0.151 e. The number of hydrogen-bond donors (Lipinski definition) is 2. The van der Waals surface area contributed by atoms with Crippen LogP contribution in [0.15, 0.2) is 12.3 Å². The summed E-state index contributed by atoms with van der Waals surface area (Å²) in [6.45, 7) is 0. The fourth-order valence-corrected chi connectivity index (χ4v) is 2.37. The van der Waals surface area contributed by atoms with Gasteiger partial charge in [0.05, 0.1) is 5.52 Å². The first-order chi connectivity index (χ1) is 7.34. The zero-order valence-electron chi connectivity index (χ0n) is 8.53. The molecule has 3 rings (SSSR count). The van der Waals surface area contributed by atoms with E-state index in [4.69, 9.17) is 5.73 Å². The molecule has 3 N–H and O–H groups in total. The van der Waals surface area contributed by atoms with Crippen molar-refractivity contribution in [3.8, 4) is 0 Å². The van der Waals surface area contributed by atoms with Gasteiger partial charge in [-0.05, 0) is 18.9 Å². The summed E-state index contributed by atoms with van der Waals surface area (Å²) in [5, 5.41) is 0. The fraction of sp³-hybridized carbons (Fsp3) is 0.455. The molecular weight excluding hydrogens is 188 g/mol. The molecule has 15 heavy (non-hydrogen) atoms. The summed E-state index contributed by atoms with van der Waals surface area (Å²) in [6, 6.07) is 1.93.